The first-order valence-electron chi connectivity index (χ1n) is 5.57. The number of thiazole rings is 1. The lowest BCUT2D eigenvalue weighted by molar-refractivity contribution is -0.198. The molecule has 90 valence electrons. The normalized spacial score (nSPS) is 33.5. The van der Waals surface area contributed by atoms with Crippen molar-refractivity contribution in [2.24, 2.45) is 5.41 Å². The molecule has 17 heavy (non-hydrogen) atoms. The quantitative estimate of drug-likeness (QED) is 0.607. The Morgan fingerprint density at radius 3 is 2.59 bits per heavy atom. The molecule has 0 atom stereocenters. The highest BCUT2D eigenvalue weighted by Gasteiger charge is 2.73. The molecule has 4 nitrogen and oxygen atoms in total. The van der Waals surface area contributed by atoms with Gasteiger partial charge in [-0.2, -0.15) is 0 Å². The van der Waals surface area contributed by atoms with Gasteiger partial charge < -0.3 is 4.74 Å². The van der Waals surface area contributed by atoms with Crippen molar-refractivity contribution in [1.29, 1.82) is 0 Å². The average Bonchev–Trinajstić information content (AvgIpc) is 2.56. The van der Waals surface area contributed by atoms with Crippen molar-refractivity contribution in [3.8, 4) is 0 Å². The van der Waals surface area contributed by atoms with Crippen molar-refractivity contribution >= 4 is 23.6 Å². The van der Waals surface area contributed by atoms with Gasteiger partial charge in [0.2, 0.25) is 0 Å². The van der Waals surface area contributed by atoms with Crippen LogP contribution >= 0.6 is 11.3 Å². The SMILES string of the molecule is COC(=O)C12CC(c3nc(C=O)sc3C)(C1)C2. The standard InChI is InChI=1S/C12H13NO3S/c1-7-9(13-8(3-14)17-7)11-4-12(5-11,6-11)10(15)16-2/h3H,4-6H2,1-2H3. The summed E-state index contributed by atoms with van der Waals surface area (Å²) in [5, 5.41) is 0.536. The number of aromatic nitrogens is 1. The zero-order valence-electron chi connectivity index (χ0n) is 9.78. The molecular formula is C12H13NO3S. The van der Waals surface area contributed by atoms with Crippen LogP contribution in [0.25, 0.3) is 0 Å². The highest BCUT2D eigenvalue weighted by atomic mass is 32.1. The number of carbonyl (C=O) groups is 2. The van der Waals surface area contributed by atoms with Crippen LogP contribution < -0.4 is 0 Å². The Labute approximate surface area is 103 Å². The predicted octanol–water partition coefficient (Wildman–Crippen LogP) is 1.86. The number of hydrogen-bond acceptors (Lipinski definition) is 5. The zero-order chi connectivity index (χ0) is 12.3. The molecule has 0 radical (unpaired) electrons. The molecule has 3 saturated carbocycles. The Kier molecular flexibility index (Phi) is 2.03. The molecule has 0 spiro atoms. The second-order valence-corrected chi connectivity index (χ2v) is 6.39. The highest BCUT2D eigenvalue weighted by Crippen LogP contribution is 2.74. The fourth-order valence-electron chi connectivity index (χ4n) is 3.43. The topological polar surface area (TPSA) is 56.3 Å². The van der Waals surface area contributed by atoms with E-state index in [1.807, 2.05) is 6.92 Å². The number of hydrogen-bond donors (Lipinski definition) is 0. The van der Waals surface area contributed by atoms with Crippen LogP contribution in [0.5, 0.6) is 0 Å². The third-order valence-corrected chi connectivity index (χ3v) is 4.96. The van der Waals surface area contributed by atoms with Gasteiger partial charge in [-0.25, -0.2) is 4.98 Å². The molecule has 0 aromatic carbocycles. The summed E-state index contributed by atoms with van der Waals surface area (Å²) in [5.41, 5.74) is 0.831. The third kappa shape index (κ3) is 1.20. The van der Waals surface area contributed by atoms with E-state index in [1.165, 1.54) is 18.4 Å². The maximum absolute atomic E-state index is 11.6. The van der Waals surface area contributed by atoms with Gasteiger partial charge in [-0.05, 0) is 26.2 Å². The molecule has 5 heteroatoms. The van der Waals surface area contributed by atoms with Gasteiger partial charge in [-0.1, -0.05) is 0 Å². The molecule has 3 fully saturated rings. The minimum atomic E-state index is -0.244. The number of aryl methyl sites for hydroxylation is 1. The summed E-state index contributed by atoms with van der Waals surface area (Å²) in [6.45, 7) is 1.99. The fraction of sp³-hybridized carbons (Fsp3) is 0.583. The predicted molar refractivity (Wildman–Crippen MR) is 62.2 cm³/mol. The largest absolute Gasteiger partial charge is 0.469 e. The highest BCUT2D eigenvalue weighted by molar-refractivity contribution is 7.13. The Hall–Kier alpha value is -1.23. The second-order valence-electron chi connectivity index (χ2n) is 5.16. The zero-order valence-corrected chi connectivity index (χ0v) is 10.6. The molecule has 0 amide bonds. The van der Waals surface area contributed by atoms with Gasteiger partial charge in [0.15, 0.2) is 11.3 Å². The lowest BCUT2D eigenvalue weighted by Crippen LogP contribution is -2.68. The van der Waals surface area contributed by atoms with E-state index in [0.717, 1.165) is 36.1 Å². The summed E-state index contributed by atoms with van der Waals surface area (Å²) in [7, 11) is 1.44. The van der Waals surface area contributed by atoms with Crippen molar-refractivity contribution in [3.63, 3.8) is 0 Å². The summed E-state index contributed by atoms with van der Waals surface area (Å²) in [6.07, 6.45) is 3.28. The lowest BCUT2D eigenvalue weighted by atomic mass is 9.34. The van der Waals surface area contributed by atoms with Gasteiger partial charge in [0.05, 0.1) is 18.2 Å². The first-order valence-corrected chi connectivity index (χ1v) is 6.38. The molecule has 3 aliphatic rings. The average molecular weight is 251 g/mol. The van der Waals surface area contributed by atoms with E-state index in [-0.39, 0.29) is 16.8 Å². The van der Waals surface area contributed by atoms with Crippen LogP contribution in [0.15, 0.2) is 0 Å². The van der Waals surface area contributed by atoms with E-state index < -0.39 is 0 Å². The Morgan fingerprint density at radius 1 is 1.47 bits per heavy atom. The first kappa shape index (κ1) is 10.9. The Balaban J connectivity index is 1.84. The van der Waals surface area contributed by atoms with Crippen molar-refractivity contribution in [2.75, 3.05) is 7.11 Å². The minimum Gasteiger partial charge on any atom is -0.469 e. The van der Waals surface area contributed by atoms with Crippen LogP contribution in [0.4, 0.5) is 0 Å². The second kappa shape index (κ2) is 3.16. The van der Waals surface area contributed by atoms with Gasteiger partial charge in [-0.3, -0.25) is 9.59 Å². The van der Waals surface area contributed by atoms with Crippen LogP contribution in [0, 0.1) is 12.3 Å². The number of rotatable bonds is 3. The van der Waals surface area contributed by atoms with Gasteiger partial charge in [-0.15, -0.1) is 11.3 Å². The first-order chi connectivity index (χ1) is 8.05. The molecule has 1 heterocycles. The van der Waals surface area contributed by atoms with E-state index >= 15 is 0 Å². The van der Waals surface area contributed by atoms with E-state index in [0.29, 0.717) is 5.01 Å². The van der Waals surface area contributed by atoms with Crippen LogP contribution in [0.3, 0.4) is 0 Å². The smallest absolute Gasteiger partial charge is 0.311 e. The number of methoxy groups -OCH3 is 1. The third-order valence-electron chi connectivity index (χ3n) is 4.07. The van der Waals surface area contributed by atoms with Gasteiger partial charge >= 0.3 is 5.97 Å². The van der Waals surface area contributed by atoms with E-state index in [2.05, 4.69) is 4.98 Å². The van der Waals surface area contributed by atoms with Gasteiger partial charge in [0.1, 0.15) is 0 Å². The number of ether oxygens (including phenoxy) is 1. The van der Waals surface area contributed by atoms with Gasteiger partial charge in [0.25, 0.3) is 0 Å². The number of aldehydes is 1. The maximum atomic E-state index is 11.6. The monoisotopic (exact) mass is 251 g/mol. The van der Waals surface area contributed by atoms with Crippen molar-refractivity contribution < 1.29 is 14.3 Å². The number of nitrogens with zero attached hydrogens (tertiary/aromatic N) is 1. The maximum Gasteiger partial charge on any atom is 0.311 e. The summed E-state index contributed by atoms with van der Waals surface area (Å²) >= 11 is 1.43. The van der Waals surface area contributed by atoms with Crippen molar-refractivity contribution in [2.45, 2.75) is 31.6 Å². The van der Waals surface area contributed by atoms with Gasteiger partial charge in [0, 0.05) is 10.3 Å². The molecule has 0 unspecified atom stereocenters. The molecule has 1 aromatic rings. The molecule has 0 saturated heterocycles. The summed E-state index contributed by atoms with van der Waals surface area (Å²) in [4.78, 5) is 27.8. The van der Waals surface area contributed by atoms with Crippen molar-refractivity contribution in [3.05, 3.63) is 15.6 Å². The molecule has 4 rings (SSSR count). The molecule has 2 bridgehead atoms. The van der Waals surface area contributed by atoms with Crippen LogP contribution in [-0.4, -0.2) is 24.3 Å². The minimum absolute atomic E-state index is 0.0516. The Morgan fingerprint density at radius 2 is 2.12 bits per heavy atom. The van der Waals surface area contributed by atoms with E-state index in [9.17, 15) is 9.59 Å². The lowest BCUT2D eigenvalue weighted by Gasteiger charge is -2.68. The summed E-state index contributed by atoms with van der Waals surface area (Å²) in [6, 6.07) is 0. The molecule has 0 aliphatic heterocycles. The summed E-state index contributed by atoms with van der Waals surface area (Å²) < 4.78 is 4.82. The fourth-order valence-corrected chi connectivity index (χ4v) is 4.29. The molecule has 3 aliphatic carbocycles. The molecule has 0 N–H and O–H groups in total. The van der Waals surface area contributed by atoms with E-state index in [1.54, 1.807) is 0 Å². The number of esters is 1. The number of carbonyl (C=O) groups excluding carboxylic acids is 2. The van der Waals surface area contributed by atoms with E-state index in [4.69, 9.17) is 4.74 Å². The van der Waals surface area contributed by atoms with Crippen LogP contribution in [0.2, 0.25) is 0 Å². The van der Waals surface area contributed by atoms with Crippen molar-refractivity contribution in [1.82, 2.24) is 4.98 Å². The Bertz CT molecular complexity index is 500. The van der Waals surface area contributed by atoms with Crippen LogP contribution in [0.1, 0.15) is 39.6 Å². The molecule has 1 aromatic heterocycles. The summed E-state index contributed by atoms with van der Waals surface area (Å²) in [5.74, 6) is -0.0946. The van der Waals surface area contributed by atoms with Crippen LogP contribution in [-0.2, 0) is 14.9 Å². The molecular weight excluding hydrogens is 238 g/mol.